The van der Waals surface area contributed by atoms with E-state index >= 15 is 0 Å². The second kappa shape index (κ2) is 9.00. The zero-order chi connectivity index (χ0) is 21.8. The summed E-state index contributed by atoms with van der Waals surface area (Å²) in [5.41, 5.74) is 1.98. The smallest absolute Gasteiger partial charge is 0.295 e. The number of hydrogen-bond acceptors (Lipinski definition) is 6. The molecule has 1 amide bonds. The summed E-state index contributed by atoms with van der Waals surface area (Å²) >= 11 is 0. The van der Waals surface area contributed by atoms with Crippen LogP contribution in [0.3, 0.4) is 0 Å². The van der Waals surface area contributed by atoms with Gasteiger partial charge in [0, 0.05) is 19.2 Å². The molecule has 7 heteroatoms. The van der Waals surface area contributed by atoms with Gasteiger partial charge in [-0.05, 0) is 31.5 Å². The number of amides is 1. The van der Waals surface area contributed by atoms with Crippen molar-refractivity contribution in [2.45, 2.75) is 19.9 Å². The number of likely N-dealkylation sites (tertiary alicyclic amines) is 1. The fourth-order valence-corrected chi connectivity index (χ4v) is 3.49. The van der Waals surface area contributed by atoms with E-state index in [0.29, 0.717) is 17.7 Å². The van der Waals surface area contributed by atoms with Crippen LogP contribution in [0.4, 0.5) is 0 Å². The van der Waals surface area contributed by atoms with Crippen LogP contribution < -0.4 is 4.74 Å². The minimum Gasteiger partial charge on any atom is -0.507 e. The summed E-state index contributed by atoms with van der Waals surface area (Å²) < 4.78 is 10.6. The summed E-state index contributed by atoms with van der Waals surface area (Å²) in [6, 6.07) is 10.8. The highest BCUT2D eigenvalue weighted by atomic mass is 16.5. The molecule has 0 unspecified atom stereocenters. The maximum Gasteiger partial charge on any atom is 0.295 e. The zero-order valence-electron chi connectivity index (χ0n) is 17.2. The molecule has 158 valence electrons. The topological polar surface area (TPSA) is 96.3 Å². The quantitative estimate of drug-likeness (QED) is 0.413. The molecule has 1 saturated heterocycles. The molecule has 0 aromatic heterocycles. The molecule has 7 nitrogen and oxygen atoms in total. The monoisotopic (exact) mass is 411 g/mol. The molecule has 0 aliphatic carbocycles. The molecule has 1 atom stereocenters. The SMILES string of the molecule is CCOc1cc([C@@H]2C(=C(O)c3ccc(C)cc3)C(=O)C(=O)N2CCOC)ccc1O. The number of aryl methyl sites for hydroxylation is 1. The largest absolute Gasteiger partial charge is 0.507 e. The summed E-state index contributed by atoms with van der Waals surface area (Å²) in [6.45, 7) is 4.43. The van der Waals surface area contributed by atoms with Crippen molar-refractivity contribution in [3.8, 4) is 11.5 Å². The number of carbonyl (C=O) groups is 2. The number of benzene rings is 2. The molecule has 1 heterocycles. The molecule has 2 aromatic rings. The Morgan fingerprint density at radius 1 is 1.13 bits per heavy atom. The summed E-state index contributed by atoms with van der Waals surface area (Å²) in [7, 11) is 1.51. The molecular formula is C23H25NO6. The standard InChI is InChI=1S/C23H25NO6/c1-4-30-18-13-16(9-10-17(18)25)20-19(21(26)15-7-5-14(2)6-8-15)22(27)23(28)24(20)11-12-29-3/h5-10,13,20,25-26H,4,11-12H2,1-3H3/t20-/m1/s1. The van der Waals surface area contributed by atoms with E-state index in [4.69, 9.17) is 9.47 Å². The van der Waals surface area contributed by atoms with Crippen LogP contribution in [0, 0.1) is 6.92 Å². The van der Waals surface area contributed by atoms with Crippen LogP contribution in [0.5, 0.6) is 11.5 Å². The van der Waals surface area contributed by atoms with Crippen molar-refractivity contribution in [1.82, 2.24) is 4.90 Å². The van der Waals surface area contributed by atoms with Crippen LogP contribution in [-0.4, -0.2) is 53.7 Å². The number of ether oxygens (including phenoxy) is 2. The van der Waals surface area contributed by atoms with Gasteiger partial charge in [-0.15, -0.1) is 0 Å². The van der Waals surface area contributed by atoms with Crippen molar-refractivity contribution in [2.75, 3.05) is 26.9 Å². The maximum absolute atomic E-state index is 12.9. The lowest BCUT2D eigenvalue weighted by Gasteiger charge is -2.25. The predicted octanol–water partition coefficient (Wildman–Crippen LogP) is 3.17. The van der Waals surface area contributed by atoms with Crippen molar-refractivity contribution >= 4 is 17.4 Å². The Hall–Kier alpha value is -3.32. The van der Waals surface area contributed by atoms with E-state index in [2.05, 4.69) is 0 Å². The van der Waals surface area contributed by atoms with E-state index in [9.17, 15) is 19.8 Å². The van der Waals surface area contributed by atoms with Crippen molar-refractivity contribution in [2.24, 2.45) is 0 Å². The van der Waals surface area contributed by atoms with Crippen LogP contribution in [0.15, 0.2) is 48.0 Å². The van der Waals surface area contributed by atoms with E-state index in [0.717, 1.165) is 5.56 Å². The van der Waals surface area contributed by atoms with E-state index < -0.39 is 17.7 Å². The Labute approximate surface area is 175 Å². The van der Waals surface area contributed by atoms with Crippen LogP contribution in [0.25, 0.3) is 5.76 Å². The number of phenolic OH excluding ortho intramolecular Hbond substituents is 1. The molecule has 0 bridgehead atoms. The van der Waals surface area contributed by atoms with Gasteiger partial charge in [0.25, 0.3) is 11.7 Å². The van der Waals surface area contributed by atoms with Crippen LogP contribution >= 0.6 is 0 Å². The highest BCUT2D eigenvalue weighted by Crippen LogP contribution is 2.41. The molecule has 1 aliphatic heterocycles. The predicted molar refractivity (Wildman–Crippen MR) is 111 cm³/mol. The number of aliphatic hydroxyl groups excluding tert-OH is 1. The Morgan fingerprint density at radius 2 is 1.83 bits per heavy atom. The summed E-state index contributed by atoms with van der Waals surface area (Å²) in [4.78, 5) is 27.0. The molecular weight excluding hydrogens is 386 g/mol. The molecule has 0 saturated carbocycles. The Morgan fingerprint density at radius 3 is 2.47 bits per heavy atom. The molecule has 2 aromatic carbocycles. The van der Waals surface area contributed by atoms with Gasteiger partial charge >= 0.3 is 0 Å². The first-order valence-corrected chi connectivity index (χ1v) is 9.69. The third-order valence-corrected chi connectivity index (χ3v) is 5.00. The van der Waals surface area contributed by atoms with Crippen LogP contribution in [0.2, 0.25) is 0 Å². The van der Waals surface area contributed by atoms with E-state index in [1.54, 1.807) is 31.2 Å². The highest BCUT2D eigenvalue weighted by molar-refractivity contribution is 6.46. The summed E-state index contributed by atoms with van der Waals surface area (Å²) in [5.74, 6) is -1.53. The Bertz CT molecular complexity index is 980. The number of nitrogens with zero attached hydrogens (tertiary/aromatic N) is 1. The van der Waals surface area contributed by atoms with Crippen molar-refractivity contribution < 1.29 is 29.3 Å². The Kier molecular flexibility index (Phi) is 6.42. The van der Waals surface area contributed by atoms with Gasteiger partial charge in [0.1, 0.15) is 5.76 Å². The number of aromatic hydroxyl groups is 1. The molecule has 30 heavy (non-hydrogen) atoms. The number of hydrogen-bond donors (Lipinski definition) is 2. The first-order chi connectivity index (χ1) is 14.4. The normalized spacial score (nSPS) is 18.1. The Balaban J connectivity index is 2.17. The number of rotatable bonds is 7. The third kappa shape index (κ3) is 4.02. The van der Waals surface area contributed by atoms with Crippen LogP contribution in [0.1, 0.15) is 29.7 Å². The number of phenols is 1. The second-order valence-corrected chi connectivity index (χ2v) is 7.01. The number of ketones is 1. The fourth-order valence-electron chi connectivity index (χ4n) is 3.49. The number of carbonyl (C=O) groups excluding carboxylic acids is 2. The number of methoxy groups -OCH3 is 1. The second-order valence-electron chi connectivity index (χ2n) is 7.01. The van der Waals surface area contributed by atoms with Gasteiger partial charge in [-0.2, -0.15) is 0 Å². The highest BCUT2D eigenvalue weighted by Gasteiger charge is 2.46. The number of Topliss-reactive ketones (excluding diaryl/α,β-unsaturated/α-hetero) is 1. The van der Waals surface area contributed by atoms with Crippen molar-refractivity contribution in [3.63, 3.8) is 0 Å². The van der Waals surface area contributed by atoms with Gasteiger partial charge in [-0.25, -0.2) is 0 Å². The van der Waals surface area contributed by atoms with Gasteiger partial charge < -0.3 is 24.6 Å². The lowest BCUT2D eigenvalue weighted by Crippen LogP contribution is -2.32. The van der Waals surface area contributed by atoms with E-state index in [1.165, 1.54) is 18.1 Å². The average molecular weight is 411 g/mol. The summed E-state index contributed by atoms with van der Waals surface area (Å²) in [5, 5.41) is 21.0. The van der Waals surface area contributed by atoms with Gasteiger partial charge in [0.2, 0.25) is 0 Å². The van der Waals surface area contributed by atoms with Gasteiger partial charge in [0.05, 0.1) is 24.8 Å². The first-order valence-electron chi connectivity index (χ1n) is 9.69. The first kappa shape index (κ1) is 21.4. The molecule has 1 aliphatic rings. The van der Waals surface area contributed by atoms with Gasteiger partial charge in [0.15, 0.2) is 11.5 Å². The third-order valence-electron chi connectivity index (χ3n) is 5.00. The van der Waals surface area contributed by atoms with Gasteiger partial charge in [-0.3, -0.25) is 9.59 Å². The van der Waals surface area contributed by atoms with E-state index in [1.807, 2.05) is 19.1 Å². The molecule has 2 N–H and O–H groups in total. The molecule has 1 fully saturated rings. The lowest BCUT2D eigenvalue weighted by atomic mass is 9.94. The maximum atomic E-state index is 12.9. The van der Waals surface area contributed by atoms with E-state index in [-0.39, 0.29) is 36.0 Å². The van der Waals surface area contributed by atoms with Crippen molar-refractivity contribution in [1.29, 1.82) is 0 Å². The zero-order valence-corrected chi connectivity index (χ0v) is 17.2. The fraction of sp³-hybridized carbons (Fsp3) is 0.304. The summed E-state index contributed by atoms with van der Waals surface area (Å²) in [6.07, 6.45) is 0. The molecule has 0 radical (unpaired) electrons. The lowest BCUT2D eigenvalue weighted by molar-refractivity contribution is -0.140. The minimum absolute atomic E-state index is 0.00639. The van der Waals surface area contributed by atoms with Crippen molar-refractivity contribution in [3.05, 3.63) is 64.7 Å². The number of aliphatic hydroxyl groups is 1. The average Bonchev–Trinajstić information content (AvgIpc) is 2.98. The minimum atomic E-state index is -0.832. The van der Waals surface area contributed by atoms with Crippen LogP contribution in [-0.2, 0) is 14.3 Å². The molecule has 0 spiro atoms. The molecule has 3 rings (SSSR count). The van der Waals surface area contributed by atoms with Gasteiger partial charge in [-0.1, -0.05) is 35.9 Å².